The molecule has 2 N–H and O–H groups in total. The number of amides is 1. The van der Waals surface area contributed by atoms with E-state index in [1.165, 1.54) is 30.4 Å². The number of hydrogen-bond donors (Lipinski definition) is 2. The molecule has 1 fully saturated rings. The Morgan fingerprint density at radius 1 is 1.30 bits per heavy atom. The molecule has 1 aliphatic heterocycles. The van der Waals surface area contributed by atoms with Crippen molar-refractivity contribution in [3.8, 4) is 0 Å². The van der Waals surface area contributed by atoms with E-state index in [0.29, 0.717) is 5.92 Å². The quantitative estimate of drug-likeness (QED) is 0.898. The SMILES string of the molecule is Cl.O=C(NCC1CCCc2ccccc21)C1CCNC1. The predicted octanol–water partition coefficient (Wildman–Crippen LogP) is 2.25. The first-order chi connectivity index (χ1) is 9.34. The number of nitrogens with one attached hydrogen (secondary N) is 2. The minimum absolute atomic E-state index is 0. The van der Waals surface area contributed by atoms with Gasteiger partial charge < -0.3 is 10.6 Å². The number of rotatable bonds is 3. The molecule has 0 saturated carbocycles. The lowest BCUT2D eigenvalue weighted by molar-refractivity contribution is -0.124. The van der Waals surface area contributed by atoms with E-state index in [9.17, 15) is 4.79 Å². The molecule has 1 amide bonds. The summed E-state index contributed by atoms with van der Waals surface area (Å²) in [5.74, 6) is 0.912. The summed E-state index contributed by atoms with van der Waals surface area (Å²) in [5.41, 5.74) is 2.91. The summed E-state index contributed by atoms with van der Waals surface area (Å²) in [6.45, 7) is 2.61. The fourth-order valence-electron chi connectivity index (χ4n) is 3.31. The largest absolute Gasteiger partial charge is 0.355 e. The van der Waals surface area contributed by atoms with Crippen LogP contribution in [0.5, 0.6) is 0 Å². The van der Waals surface area contributed by atoms with Crippen LogP contribution in [0.25, 0.3) is 0 Å². The molecule has 0 radical (unpaired) electrons. The molecule has 1 aromatic rings. The monoisotopic (exact) mass is 294 g/mol. The number of hydrogen-bond acceptors (Lipinski definition) is 2. The maximum absolute atomic E-state index is 12.0. The molecule has 1 heterocycles. The molecule has 3 nitrogen and oxygen atoms in total. The molecule has 4 heteroatoms. The maximum Gasteiger partial charge on any atom is 0.224 e. The van der Waals surface area contributed by atoms with Crippen molar-refractivity contribution in [2.24, 2.45) is 5.92 Å². The molecule has 1 aliphatic carbocycles. The van der Waals surface area contributed by atoms with Gasteiger partial charge in [-0.25, -0.2) is 0 Å². The Bertz CT molecular complexity index is 458. The molecule has 0 bridgehead atoms. The predicted molar refractivity (Wildman–Crippen MR) is 83.4 cm³/mol. The van der Waals surface area contributed by atoms with Crippen LogP contribution in [0.1, 0.15) is 36.3 Å². The summed E-state index contributed by atoms with van der Waals surface area (Å²) >= 11 is 0. The average Bonchev–Trinajstić information content (AvgIpc) is 2.99. The number of benzene rings is 1. The second-order valence-electron chi connectivity index (χ2n) is 5.72. The van der Waals surface area contributed by atoms with Crippen molar-refractivity contribution in [2.45, 2.75) is 31.6 Å². The van der Waals surface area contributed by atoms with E-state index in [2.05, 4.69) is 34.9 Å². The van der Waals surface area contributed by atoms with Gasteiger partial charge in [0.2, 0.25) is 5.91 Å². The summed E-state index contributed by atoms with van der Waals surface area (Å²) in [5, 5.41) is 6.40. The molecule has 0 aromatic heterocycles. The summed E-state index contributed by atoms with van der Waals surface area (Å²) < 4.78 is 0. The molecule has 3 rings (SSSR count). The molecule has 0 spiro atoms. The zero-order valence-electron chi connectivity index (χ0n) is 11.7. The van der Waals surface area contributed by atoms with Gasteiger partial charge >= 0.3 is 0 Å². The van der Waals surface area contributed by atoms with E-state index in [1.54, 1.807) is 0 Å². The number of aryl methyl sites for hydroxylation is 1. The van der Waals surface area contributed by atoms with Gasteiger partial charge in [-0.1, -0.05) is 24.3 Å². The summed E-state index contributed by atoms with van der Waals surface area (Å²) in [6, 6.07) is 8.68. The molecule has 2 unspecified atom stereocenters. The van der Waals surface area contributed by atoms with Crippen molar-refractivity contribution >= 4 is 18.3 Å². The van der Waals surface area contributed by atoms with Gasteiger partial charge in [0, 0.05) is 19.0 Å². The first-order valence-electron chi connectivity index (χ1n) is 7.41. The number of carbonyl (C=O) groups excluding carboxylic acids is 1. The van der Waals surface area contributed by atoms with Crippen molar-refractivity contribution in [1.82, 2.24) is 10.6 Å². The van der Waals surface area contributed by atoms with Gasteiger partial charge in [-0.3, -0.25) is 4.79 Å². The Hall–Kier alpha value is -1.06. The van der Waals surface area contributed by atoms with Gasteiger partial charge in [-0.05, 0) is 43.4 Å². The lowest BCUT2D eigenvalue weighted by Crippen LogP contribution is -2.35. The molecule has 20 heavy (non-hydrogen) atoms. The molecule has 1 aromatic carbocycles. The Labute approximate surface area is 126 Å². The van der Waals surface area contributed by atoms with Crippen LogP contribution >= 0.6 is 12.4 Å². The van der Waals surface area contributed by atoms with Crippen molar-refractivity contribution in [3.05, 3.63) is 35.4 Å². The van der Waals surface area contributed by atoms with Gasteiger partial charge in [0.15, 0.2) is 0 Å². The first kappa shape index (κ1) is 15.3. The van der Waals surface area contributed by atoms with E-state index in [4.69, 9.17) is 0 Å². The fourth-order valence-corrected chi connectivity index (χ4v) is 3.31. The van der Waals surface area contributed by atoms with E-state index >= 15 is 0 Å². The first-order valence-corrected chi connectivity index (χ1v) is 7.41. The minimum atomic E-state index is 0. The summed E-state index contributed by atoms with van der Waals surface area (Å²) in [7, 11) is 0. The highest BCUT2D eigenvalue weighted by molar-refractivity contribution is 5.85. The van der Waals surface area contributed by atoms with Crippen LogP contribution in [0.2, 0.25) is 0 Å². The third-order valence-corrected chi connectivity index (χ3v) is 4.45. The van der Waals surface area contributed by atoms with Crippen molar-refractivity contribution in [1.29, 1.82) is 0 Å². The van der Waals surface area contributed by atoms with Crippen LogP contribution in [0.15, 0.2) is 24.3 Å². The van der Waals surface area contributed by atoms with Crippen LogP contribution in [0.4, 0.5) is 0 Å². The highest BCUT2D eigenvalue weighted by Crippen LogP contribution is 2.30. The second-order valence-corrected chi connectivity index (χ2v) is 5.72. The molecule has 2 atom stereocenters. The summed E-state index contributed by atoms with van der Waals surface area (Å²) in [4.78, 5) is 12.0. The van der Waals surface area contributed by atoms with Crippen molar-refractivity contribution < 1.29 is 4.79 Å². The van der Waals surface area contributed by atoms with Gasteiger partial charge in [0.05, 0.1) is 5.92 Å². The Kier molecular flexibility index (Phi) is 5.44. The zero-order valence-corrected chi connectivity index (χ0v) is 12.5. The Balaban J connectivity index is 0.00000147. The highest BCUT2D eigenvalue weighted by Gasteiger charge is 2.24. The van der Waals surface area contributed by atoms with Gasteiger partial charge in [0.25, 0.3) is 0 Å². The summed E-state index contributed by atoms with van der Waals surface area (Å²) in [6.07, 6.45) is 4.60. The minimum Gasteiger partial charge on any atom is -0.355 e. The smallest absolute Gasteiger partial charge is 0.224 e. The van der Waals surface area contributed by atoms with Crippen molar-refractivity contribution in [2.75, 3.05) is 19.6 Å². The molecule has 110 valence electrons. The van der Waals surface area contributed by atoms with Gasteiger partial charge in [-0.2, -0.15) is 0 Å². The highest BCUT2D eigenvalue weighted by atomic mass is 35.5. The van der Waals surface area contributed by atoms with E-state index in [0.717, 1.165) is 26.1 Å². The topological polar surface area (TPSA) is 41.1 Å². The van der Waals surface area contributed by atoms with E-state index in [-0.39, 0.29) is 24.2 Å². The molecular weight excluding hydrogens is 272 g/mol. The van der Waals surface area contributed by atoms with E-state index in [1.807, 2.05) is 0 Å². The number of fused-ring (bicyclic) bond motifs is 1. The lowest BCUT2D eigenvalue weighted by Gasteiger charge is -2.26. The van der Waals surface area contributed by atoms with Crippen LogP contribution in [-0.2, 0) is 11.2 Å². The molecular formula is C16H23ClN2O. The Morgan fingerprint density at radius 3 is 2.95 bits per heavy atom. The van der Waals surface area contributed by atoms with Crippen LogP contribution in [0.3, 0.4) is 0 Å². The van der Waals surface area contributed by atoms with Crippen LogP contribution in [-0.4, -0.2) is 25.5 Å². The second kappa shape index (κ2) is 7.09. The lowest BCUT2D eigenvalue weighted by atomic mass is 9.83. The maximum atomic E-state index is 12.0. The number of halogens is 1. The normalized spacial score (nSPS) is 24.6. The fraction of sp³-hybridized carbons (Fsp3) is 0.562. The third kappa shape index (κ3) is 3.33. The zero-order chi connectivity index (χ0) is 13.1. The third-order valence-electron chi connectivity index (χ3n) is 4.45. The number of carbonyl (C=O) groups is 1. The standard InChI is InChI=1S/C16H22N2O.ClH/c19-16(14-8-9-17-10-14)18-11-13-6-3-5-12-4-1-2-7-15(12)13;/h1-2,4,7,13-14,17H,3,5-6,8-11H2,(H,18,19);1H. The van der Waals surface area contributed by atoms with Crippen LogP contribution in [0, 0.1) is 5.92 Å². The molecule has 1 saturated heterocycles. The van der Waals surface area contributed by atoms with E-state index < -0.39 is 0 Å². The average molecular weight is 295 g/mol. The van der Waals surface area contributed by atoms with Crippen molar-refractivity contribution in [3.63, 3.8) is 0 Å². The Morgan fingerprint density at radius 2 is 2.15 bits per heavy atom. The van der Waals surface area contributed by atoms with Crippen LogP contribution < -0.4 is 10.6 Å². The van der Waals surface area contributed by atoms with Gasteiger partial charge in [0.1, 0.15) is 0 Å². The van der Waals surface area contributed by atoms with Gasteiger partial charge in [-0.15, -0.1) is 12.4 Å². The molecule has 2 aliphatic rings.